The molecule has 0 saturated carbocycles. The second-order valence-corrected chi connectivity index (χ2v) is 10.9. The van der Waals surface area contributed by atoms with E-state index in [0.29, 0.717) is 37.2 Å². The van der Waals surface area contributed by atoms with Crippen LogP contribution in [0, 0.1) is 5.92 Å². The zero-order valence-corrected chi connectivity index (χ0v) is 23.5. The first kappa shape index (κ1) is 30.8. The lowest BCUT2D eigenvalue weighted by atomic mass is 9.86. The minimum absolute atomic E-state index is 0. The van der Waals surface area contributed by atoms with Crippen LogP contribution in [0.5, 0.6) is 0 Å². The Kier molecular flexibility index (Phi) is 9.92. The summed E-state index contributed by atoms with van der Waals surface area (Å²) < 4.78 is 53.4. The summed E-state index contributed by atoms with van der Waals surface area (Å²) in [5.41, 5.74) is 5.58. The Morgan fingerprint density at radius 3 is 2.46 bits per heavy atom. The van der Waals surface area contributed by atoms with Crippen LogP contribution in [0.4, 0.5) is 17.6 Å². The third-order valence-corrected chi connectivity index (χ3v) is 8.08. The molecule has 1 fully saturated rings. The van der Waals surface area contributed by atoms with Gasteiger partial charge in [0, 0.05) is 13.1 Å². The van der Waals surface area contributed by atoms with E-state index in [-0.39, 0.29) is 24.6 Å². The highest BCUT2D eigenvalue weighted by molar-refractivity contribution is 6.00. The molecule has 0 radical (unpaired) electrons. The van der Waals surface area contributed by atoms with Gasteiger partial charge >= 0.3 is 12.1 Å². The summed E-state index contributed by atoms with van der Waals surface area (Å²) in [5, 5.41) is 9.54. The lowest BCUT2D eigenvalue weighted by Gasteiger charge is -2.19. The van der Waals surface area contributed by atoms with Crippen molar-refractivity contribution in [3.05, 3.63) is 106 Å². The van der Waals surface area contributed by atoms with Crippen molar-refractivity contribution in [2.75, 3.05) is 26.3 Å². The van der Waals surface area contributed by atoms with Crippen molar-refractivity contribution in [1.82, 2.24) is 4.90 Å². The number of aromatic carboxylic acids is 1. The molecule has 1 aliphatic heterocycles. The monoisotopic (exact) mass is 587 g/mol. The zero-order valence-electron chi connectivity index (χ0n) is 22.7. The summed E-state index contributed by atoms with van der Waals surface area (Å²) in [6, 6.07) is 18.8. The number of hydrogen-bond acceptors (Lipinski definition) is 2. The molecule has 2 aliphatic rings. The SMILES string of the molecule is Cl.O=C(O)c1ccc2c(c1)CCCC(c1cccc(C(F)(F)F)c1)=C2c1ccc(CC2CCN(CCCF)C2)cc1. The largest absolute Gasteiger partial charge is 0.478 e. The number of carbonyl (C=O) groups is 1. The first-order valence-electron chi connectivity index (χ1n) is 13.9. The lowest BCUT2D eigenvalue weighted by Crippen LogP contribution is -2.22. The summed E-state index contributed by atoms with van der Waals surface area (Å²) in [4.78, 5) is 14.0. The number of nitrogens with zero attached hydrogens (tertiary/aromatic N) is 1. The minimum atomic E-state index is -4.45. The van der Waals surface area contributed by atoms with Crippen molar-refractivity contribution in [2.24, 2.45) is 5.92 Å². The van der Waals surface area contributed by atoms with Gasteiger partial charge in [-0.15, -0.1) is 12.4 Å². The Hall–Kier alpha value is -3.16. The third kappa shape index (κ3) is 7.19. The van der Waals surface area contributed by atoms with E-state index in [2.05, 4.69) is 17.0 Å². The van der Waals surface area contributed by atoms with E-state index in [1.807, 2.05) is 12.1 Å². The summed E-state index contributed by atoms with van der Waals surface area (Å²) >= 11 is 0. The van der Waals surface area contributed by atoms with Gasteiger partial charge in [0.25, 0.3) is 0 Å². The van der Waals surface area contributed by atoms with Gasteiger partial charge in [-0.3, -0.25) is 4.39 Å². The Bertz CT molecular complexity index is 1400. The molecule has 1 atom stereocenters. The molecule has 8 heteroatoms. The number of aryl methyl sites for hydroxylation is 1. The van der Waals surface area contributed by atoms with E-state index in [4.69, 9.17) is 0 Å². The van der Waals surface area contributed by atoms with E-state index < -0.39 is 17.7 Å². The Labute approximate surface area is 244 Å². The number of likely N-dealkylation sites (tertiary alicyclic amines) is 1. The highest BCUT2D eigenvalue weighted by atomic mass is 35.5. The fourth-order valence-electron chi connectivity index (χ4n) is 6.13. The number of carboxylic acid groups (broad SMARTS) is 1. The molecule has 0 amide bonds. The molecule has 3 aromatic carbocycles. The number of alkyl halides is 4. The fourth-order valence-corrected chi connectivity index (χ4v) is 6.13. The molecule has 0 spiro atoms. The molecule has 0 aromatic heterocycles. The van der Waals surface area contributed by atoms with Crippen molar-refractivity contribution < 1.29 is 27.5 Å². The van der Waals surface area contributed by atoms with Crippen molar-refractivity contribution in [3.63, 3.8) is 0 Å². The maximum absolute atomic E-state index is 13.6. The number of carboxylic acids is 1. The third-order valence-electron chi connectivity index (χ3n) is 8.08. The van der Waals surface area contributed by atoms with Gasteiger partial charge in [-0.1, -0.05) is 42.5 Å². The number of benzene rings is 3. The summed E-state index contributed by atoms with van der Waals surface area (Å²) in [6.45, 7) is 2.46. The number of fused-ring (bicyclic) bond motifs is 1. The smallest absolute Gasteiger partial charge is 0.416 e. The highest BCUT2D eigenvalue weighted by Crippen LogP contribution is 2.41. The molecular weight excluding hydrogens is 554 g/mol. The van der Waals surface area contributed by atoms with Crippen LogP contribution in [-0.2, 0) is 19.0 Å². The van der Waals surface area contributed by atoms with Crippen molar-refractivity contribution in [2.45, 2.75) is 44.7 Å². The van der Waals surface area contributed by atoms with Gasteiger partial charge in [0.15, 0.2) is 0 Å². The first-order chi connectivity index (χ1) is 19.2. The van der Waals surface area contributed by atoms with Crippen LogP contribution in [-0.4, -0.2) is 42.3 Å². The van der Waals surface area contributed by atoms with Crippen molar-refractivity contribution in [3.8, 4) is 0 Å². The molecule has 3 nitrogen and oxygen atoms in total. The normalized spacial score (nSPS) is 17.6. The first-order valence-corrected chi connectivity index (χ1v) is 13.9. The van der Waals surface area contributed by atoms with Gasteiger partial charge < -0.3 is 10.0 Å². The van der Waals surface area contributed by atoms with E-state index in [9.17, 15) is 27.5 Å². The summed E-state index contributed by atoms with van der Waals surface area (Å²) in [7, 11) is 0. The van der Waals surface area contributed by atoms with Crippen LogP contribution >= 0.6 is 12.4 Å². The molecule has 1 saturated heterocycles. The Morgan fingerprint density at radius 1 is 0.976 bits per heavy atom. The van der Waals surface area contributed by atoms with Gasteiger partial charge in [0.1, 0.15) is 0 Å². The van der Waals surface area contributed by atoms with E-state index in [0.717, 1.165) is 66.4 Å². The quantitative estimate of drug-likeness (QED) is 0.269. The van der Waals surface area contributed by atoms with Crippen LogP contribution in [0.25, 0.3) is 11.1 Å². The van der Waals surface area contributed by atoms with Gasteiger partial charge in [0.05, 0.1) is 17.8 Å². The predicted molar refractivity (Wildman–Crippen MR) is 156 cm³/mol. The van der Waals surface area contributed by atoms with Crippen LogP contribution in [0.2, 0.25) is 0 Å². The summed E-state index contributed by atoms with van der Waals surface area (Å²) in [6.07, 6.45) is 0.0408. The maximum Gasteiger partial charge on any atom is 0.416 e. The fraction of sp³-hybridized carbons (Fsp3) is 0.364. The molecule has 218 valence electrons. The standard InChI is InChI=1S/C33H33F4NO2.ClH/c34-15-3-16-38-17-14-23(21-38)18-22-8-10-24(11-9-22)31-29(26-4-1-6-28(20-26)33(35,36)37)7-2-5-25-19-27(32(39)40)12-13-30(25)31;/h1,4,6,8-13,19-20,23H,2-3,5,7,14-18,21H2,(H,39,40);1H. The van der Waals surface area contributed by atoms with E-state index in [1.54, 1.807) is 24.3 Å². The van der Waals surface area contributed by atoms with E-state index >= 15 is 0 Å². The van der Waals surface area contributed by atoms with Gasteiger partial charge in [-0.05, 0) is 114 Å². The average molecular weight is 588 g/mol. The van der Waals surface area contributed by atoms with Gasteiger partial charge in [-0.2, -0.15) is 13.2 Å². The number of halogens is 5. The van der Waals surface area contributed by atoms with Crippen LogP contribution in [0.3, 0.4) is 0 Å². The molecule has 0 bridgehead atoms. The van der Waals surface area contributed by atoms with E-state index in [1.165, 1.54) is 17.7 Å². The second-order valence-electron chi connectivity index (χ2n) is 10.9. The molecule has 3 aromatic rings. The van der Waals surface area contributed by atoms with Crippen LogP contribution < -0.4 is 0 Å². The number of rotatable bonds is 8. The topological polar surface area (TPSA) is 40.5 Å². The molecule has 5 rings (SSSR count). The maximum atomic E-state index is 13.6. The molecule has 1 heterocycles. The minimum Gasteiger partial charge on any atom is -0.478 e. The average Bonchev–Trinajstić information content (AvgIpc) is 3.29. The second kappa shape index (κ2) is 13.2. The predicted octanol–water partition coefficient (Wildman–Crippen LogP) is 8.34. The van der Waals surface area contributed by atoms with Crippen LogP contribution in [0.15, 0.2) is 66.7 Å². The van der Waals surface area contributed by atoms with Crippen molar-refractivity contribution in [1.29, 1.82) is 0 Å². The zero-order chi connectivity index (χ0) is 28.3. The Morgan fingerprint density at radius 2 is 1.76 bits per heavy atom. The summed E-state index contributed by atoms with van der Waals surface area (Å²) in [5.74, 6) is -0.492. The molecule has 41 heavy (non-hydrogen) atoms. The number of allylic oxidation sites excluding steroid dienone is 1. The van der Waals surface area contributed by atoms with Crippen molar-refractivity contribution >= 4 is 29.5 Å². The molecular formula is C33H34ClF4NO2. The molecule has 1 unspecified atom stereocenters. The highest BCUT2D eigenvalue weighted by Gasteiger charge is 2.31. The lowest BCUT2D eigenvalue weighted by molar-refractivity contribution is -0.137. The van der Waals surface area contributed by atoms with Crippen LogP contribution in [0.1, 0.15) is 69.4 Å². The van der Waals surface area contributed by atoms with Gasteiger partial charge in [0.2, 0.25) is 0 Å². The molecule has 1 N–H and O–H groups in total. The number of hydrogen-bond donors (Lipinski definition) is 1. The molecule has 1 aliphatic carbocycles. The Balaban J connectivity index is 0.00000387. The van der Waals surface area contributed by atoms with Gasteiger partial charge in [-0.25, -0.2) is 4.79 Å².